The molecule has 0 aliphatic heterocycles. The van der Waals surface area contributed by atoms with Gasteiger partial charge in [-0.2, -0.15) is 5.26 Å². The van der Waals surface area contributed by atoms with Crippen LogP contribution < -0.4 is 14.8 Å². The van der Waals surface area contributed by atoms with Crippen molar-refractivity contribution in [2.75, 3.05) is 12.4 Å². The van der Waals surface area contributed by atoms with E-state index in [0.717, 1.165) is 16.3 Å². The van der Waals surface area contributed by atoms with Gasteiger partial charge in [0, 0.05) is 16.6 Å². The Hall–Kier alpha value is -3.98. The standard InChI is InChI=1S/C28H20Cl2N2O3/c1-34-26-11-5-8-20(27(26)35-17-18-12-13-23(29)24(30)14-18)15-21(16-31)28(33)32-25-10-4-7-19-6-2-3-9-22(19)25/h2-15H,17H2,1H3,(H,32,33)/b21-15+. The van der Waals surface area contributed by atoms with E-state index < -0.39 is 5.91 Å². The molecule has 7 heteroatoms. The largest absolute Gasteiger partial charge is 0.493 e. The topological polar surface area (TPSA) is 71.3 Å². The number of para-hydroxylation sites is 1. The van der Waals surface area contributed by atoms with Crippen LogP contribution in [-0.2, 0) is 11.4 Å². The van der Waals surface area contributed by atoms with E-state index in [-0.39, 0.29) is 12.2 Å². The molecule has 174 valence electrons. The van der Waals surface area contributed by atoms with Gasteiger partial charge in [0.2, 0.25) is 0 Å². The average Bonchev–Trinajstić information content (AvgIpc) is 2.88. The molecule has 0 atom stereocenters. The highest BCUT2D eigenvalue weighted by Gasteiger charge is 2.15. The van der Waals surface area contributed by atoms with Crippen molar-refractivity contribution in [1.82, 2.24) is 0 Å². The maximum Gasteiger partial charge on any atom is 0.266 e. The maximum absolute atomic E-state index is 13.0. The zero-order chi connectivity index (χ0) is 24.8. The van der Waals surface area contributed by atoms with Crippen molar-refractivity contribution in [2.45, 2.75) is 6.61 Å². The number of amides is 1. The van der Waals surface area contributed by atoms with E-state index in [9.17, 15) is 10.1 Å². The molecule has 4 aromatic carbocycles. The molecule has 0 aliphatic rings. The van der Waals surface area contributed by atoms with Crippen LogP contribution in [0.5, 0.6) is 11.5 Å². The van der Waals surface area contributed by atoms with Crippen molar-refractivity contribution < 1.29 is 14.3 Å². The van der Waals surface area contributed by atoms with Gasteiger partial charge < -0.3 is 14.8 Å². The molecule has 0 bridgehead atoms. The molecule has 0 saturated heterocycles. The zero-order valence-corrected chi connectivity index (χ0v) is 20.2. The maximum atomic E-state index is 13.0. The van der Waals surface area contributed by atoms with Crippen molar-refractivity contribution in [1.29, 1.82) is 5.26 Å². The lowest BCUT2D eigenvalue weighted by atomic mass is 10.1. The summed E-state index contributed by atoms with van der Waals surface area (Å²) in [6.45, 7) is 0.183. The third-order valence-electron chi connectivity index (χ3n) is 5.30. The zero-order valence-electron chi connectivity index (χ0n) is 18.7. The first-order valence-corrected chi connectivity index (χ1v) is 11.4. The number of halogens is 2. The molecule has 4 aromatic rings. The highest BCUT2D eigenvalue weighted by molar-refractivity contribution is 6.42. The first-order chi connectivity index (χ1) is 17.0. The van der Waals surface area contributed by atoms with E-state index in [2.05, 4.69) is 5.32 Å². The molecular weight excluding hydrogens is 483 g/mol. The van der Waals surface area contributed by atoms with Crippen LogP contribution in [0, 0.1) is 11.3 Å². The van der Waals surface area contributed by atoms with Gasteiger partial charge in [0.25, 0.3) is 5.91 Å². The predicted molar refractivity (Wildman–Crippen MR) is 140 cm³/mol. The van der Waals surface area contributed by atoms with Crippen molar-refractivity contribution in [3.8, 4) is 17.6 Å². The Labute approximate surface area is 213 Å². The van der Waals surface area contributed by atoms with Crippen LogP contribution in [0.1, 0.15) is 11.1 Å². The van der Waals surface area contributed by atoms with Crippen molar-refractivity contribution in [2.24, 2.45) is 0 Å². The molecule has 4 rings (SSSR count). The molecular formula is C28H20Cl2N2O3. The monoisotopic (exact) mass is 502 g/mol. The second-order valence-electron chi connectivity index (χ2n) is 7.57. The first-order valence-electron chi connectivity index (χ1n) is 10.6. The Morgan fingerprint density at radius 1 is 1.00 bits per heavy atom. The van der Waals surface area contributed by atoms with Gasteiger partial charge in [-0.25, -0.2) is 0 Å². The van der Waals surface area contributed by atoms with Gasteiger partial charge in [0.05, 0.1) is 17.2 Å². The number of carbonyl (C=O) groups is 1. The van der Waals surface area contributed by atoms with Gasteiger partial charge in [0.1, 0.15) is 18.2 Å². The summed E-state index contributed by atoms with van der Waals surface area (Å²) in [7, 11) is 1.52. The van der Waals surface area contributed by atoms with Gasteiger partial charge in [-0.3, -0.25) is 4.79 Å². The molecule has 0 aliphatic carbocycles. The molecule has 35 heavy (non-hydrogen) atoms. The second-order valence-corrected chi connectivity index (χ2v) is 8.38. The number of nitriles is 1. The molecule has 0 heterocycles. The quantitative estimate of drug-likeness (QED) is 0.213. The van der Waals surface area contributed by atoms with Crippen molar-refractivity contribution >= 4 is 51.6 Å². The smallest absolute Gasteiger partial charge is 0.266 e. The summed E-state index contributed by atoms with van der Waals surface area (Å²) in [5.41, 5.74) is 1.87. The molecule has 1 amide bonds. The SMILES string of the molecule is COc1cccc(/C=C(\C#N)C(=O)Nc2cccc3ccccc23)c1OCc1ccc(Cl)c(Cl)c1. The minimum Gasteiger partial charge on any atom is -0.493 e. The minimum atomic E-state index is -0.526. The Morgan fingerprint density at radius 3 is 2.54 bits per heavy atom. The first kappa shape index (κ1) is 24.2. The normalized spacial score (nSPS) is 11.1. The van der Waals surface area contributed by atoms with E-state index >= 15 is 0 Å². The van der Waals surface area contributed by atoms with Gasteiger partial charge >= 0.3 is 0 Å². The molecule has 0 radical (unpaired) electrons. The number of carbonyl (C=O) groups excluding carboxylic acids is 1. The van der Waals surface area contributed by atoms with E-state index in [0.29, 0.717) is 32.8 Å². The van der Waals surface area contributed by atoms with Crippen LogP contribution in [0.4, 0.5) is 5.69 Å². The van der Waals surface area contributed by atoms with Crippen molar-refractivity contribution in [3.05, 3.63) is 106 Å². The number of hydrogen-bond acceptors (Lipinski definition) is 4. The predicted octanol–water partition coefficient (Wildman–Crippen LogP) is 7.28. The lowest BCUT2D eigenvalue weighted by Crippen LogP contribution is -2.13. The number of ether oxygens (including phenoxy) is 2. The Morgan fingerprint density at radius 2 is 1.77 bits per heavy atom. The molecule has 0 fully saturated rings. The number of nitrogens with zero attached hydrogens (tertiary/aromatic N) is 1. The minimum absolute atomic E-state index is 0.0782. The highest BCUT2D eigenvalue weighted by atomic mass is 35.5. The van der Waals surface area contributed by atoms with Crippen LogP contribution in [-0.4, -0.2) is 13.0 Å². The third-order valence-corrected chi connectivity index (χ3v) is 6.04. The van der Waals surface area contributed by atoms with Crippen molar-refractivity contribution in [3.63, 3.8) is 0 Å². The van der Waals surface area contributed by atoms with Crippen LogP contribution in [0.15, 0.2) is 84.4 Å². The summed E-state index contributed by atoms with van der Waals surface area (Å²) in [4.78, 5) is 13.0. The summed E-state index contributed by atoms with van der Waals surface area (Å²) in [6.07, 6.45) is 1.48. The van der Waals surface area contributed by atoms with Gasteiger partial charge in [0.15, 0.2) is 11.5 Å². The van der Waals surface area contributed by atoms with Crippen LogP contribution >= 0.6 is 23.2 Å². The van der Waals surface area contributed by atoms with Crippen LogP contribution in [0.2, 0.25) is 10.0 Å². The number of benzene rings is 4. The Kier molecular flexibility index (Phi) is 7.57. The fourth-order valence-corrected chi connectivity index (χ4v) is 3.90. The van der Waals surface area contributed by atoms with Crippen LogP contribution in [0.3, 0.4) is 0 Å². The number of rotatable bonds is 7. The van der Waals surface area contributed by atoms with Gasteiger partial charge in [-0.15, -0.1) is 0 Å². The lowest BCUT2D eigenvalue weighted by Gasteiger charge is -2.14. The Bertz CT molecular complexity index is 1470. The summed E-state index contributed by atoms with van der Waals surface area (Å²) < 4.78 is 11.5. The summed E-state index contributed by atoms with van der Waals surface area (Å²) in [5, 5.41) is 15.3. The number of hydrogen-bond donors (Lipinski definition) is 1. The molecule has 5 nitrogen and oxygen atoms in total. The number of methoxy groups -OCH3 is 1. The molecule has 0 aromatic heterocycles. The van der Waals surface area contributed by atoms with E-state index in [1.165, 1.54) is 13.2 Å². The summed E-state index contributed by atoms with van der Waals surface area (Å²) >= 11 is 12.1. The van der Waals surface area contributed by atoms with E-state index in [4.69, 9.17) is 32.7 Å². The molecule has 0 saturated carbocycles. The van der Waals surface area contributed by atoms with Gasteiger partial charge in [-0.1, -0.05) is 77.8 Å². The number of fused-ring (bicyclic) bond motifs is 1. The van der Waals surface area contributed by atoms with E-state index in [1.54, 1.807) is 42.5 Å². The van der Waals surface area contributed by atoms with E-state index in [1.807, 2.05) is 42.5 Å². The molecule has 0 spiro atoms. The molecule has 0 unspecified atom stereocenters. The summed E-state index contributed by atoms with van der Waals surface area (Å²) in [5.74, 6) is 0.333. The fourth-order valence-electron chi connectivity index (χ4n) is 3.57. The van der Waals surface area contributed by atoms with Crippen LogP contribution in [0.25, 0.3) is 16.8 Å². The summed E-state index contributed by atoms with van der Waals surface area (Å²) in [6, 6.07) is 25.7. The average molecular weight is 503 g/mol. The fraction of sp³-hybridized carbons (Fsp3) is 0.0714. The van der Waals surface area contributed by atoms with Gasteiger partial charge in [-0.05, 0) is 41.3 Å². The second kappa shape index (κ2) is 11.0. The lowest BCUT2D eigenvalue weighted by molar-refractivity contribution is -0.112. The highest BCUT2D eigenvalue weighted by Crippen LogP contribution is 2.34. The molecule has 1 N–H and O–H groups in total. The third kappa shape index (κ3) is 5.58. The Balaban J connectivity index is 1.63. The number of nitrogens with one attached hydrogen (secondary N) is 1. The number of anilines is 1.